The van der Waals surface area contributed by atoms with Crippen LogP contribution in [0.4, 0.5) is 41.9 Å². The molecule has 0 amide bonds. The van der Waals surface area contributed by atoms with Crippen molar-refractivity contribution in [2.24, 2.45) is 10.2 Å². The zero-order valence-electron chi connectivity index (χ0n) is 15.9. The van der Waals surface area contributed by atoms with E-state index in [2.05, 4.69) is 36.5 Å². The van der Waals surface area contributed by atoms with Crippen molar-refractivity contribution in [1.82, 2.24) is 4.98 Å². The highest BCUT2D eigenvalue weighted by atomic mass is 79.9. The molecule has 0 atom stereocenters. The van der Waals surface area contributed by atoms with Crippen LogP contribution in [0.3, 0.4) is 0 Å². The maximum absolute atomic E-state index is 13.4. The van der Waals surface area contributed by atoms with Crippen molar-refractivity contribution in [2.75, 3.05) is 11.1 Å². The second kappa shape index (κ2) is 8.61. The van der Waals surface area contributed by atoms with Gasteiger partial charge in [-0.15, -0.1) is 10.2 Å². The van der Waals surface area contributed by atoms with Crippen LogP contribution in [0.1, 0.15) is 16.7 Å². The summed E-state index contributed by atoms with van der Waals surface area (Å²) in [7, 11) is 0. The van der Waals surface area contributed by atoms with E-state index in [0.29, 0.717) is 11.3 Å². The first-order valence-corrected chi connectivity index (χ1v) is 9.44. The van der Waals surface area contributed by atoms with Crippen molar-refractivity contribution < 1.29 is 18.3 Å². The Balaban J connectivity index is 2.12. The lowest BCUT2D eigenvalue weighted by molar-refractivity contribution is -0.137. The first-order valence-electron chi connectivity index (χ1n) is 8.65. The van der Waals surface area contributed by atoms with Gasteiger partial charge in [-0.25, -0.2) is 4.98 Å². The Bertz CT molecular complexity index is 1200. The third-order valence-corrected chi connectivity index (χ3v) is 4.70. The standard InChI is InChI=1S/C20H14BrF3N6O/c1-10-14(9-25)18(26)28-19(27-12-3-5-13(31)6-4-12)17(10)30-29-16-7-2-11(21)8-15(16)20(22,23)24/h2-8,31H,1H3,(H3,26,27,28)/b30-29+. The fourth-order valence-corrected chi connectivity index (χ4v) is 3.04. The lowest BCUT2D eigenvalue weighted by Crippen LogP contribution is -2.05. The average Bonchev–Trinajstić information content (AvgIpc) is 2.69. The maximum Gasteiger partial charge on any atom is 0.418 e. The lowest BCUT2D eigenvalue weighted by Gasteiger charge is -2.13. The molecule has 31 heavy (non-hydrogen) atoms. The topological polar surface area (TPSA) is 120 Å². The number of azo groups is 1. The summed E-state index contributed by atoms with van der Waals surface area (Å²) >= 11 is 3.02. The van der Waals surface area contributed by atoms with E-state index in [4.69, 9.17) is 5.73 Å². The number of phenolic OH excluding ortho intramolecular Hbond substituents is 1. The molecule has 0 aliphatic heterocycles. The summed E-state index contributed by atoms with van der Waals surface area (Å²) in [5, 5.41) is 29.5. The van der Waals surface area contributed by atoms with Gasteiger partial charge in [-0.3, -0.25) is 0 Å². The van der Waals surface area contributed by atoms with E-state index in [1.807, 2.05) is 6.07 Å². The van der Waals surface area contributed by atoms with Gasteiger partial charge in [0.2, 0.25) is 0 Å². The van der Waals surface area contributed by atoms with Gasteiger partial charge in [0, 0.05) is 15.7 Å². The van der Waals surface area contributed by atoms with Crippen molar-refractivity contribution in [2.45, 2.75) is 13.1 Å². The minimum absolute atomic E-state index is 0.0389. The summed E-state index contributed by atoms with van der Waals surface area (Å²) in [6.45, 7) is 1.54. The molecule has 0 saturated heterocycles. The van der Waals surface area contributed by atoms with Crippen molar-refractivity contribution in [3.05, 3.63) is 63.6 Å². The number of aromatic nitrogens is 1. The van der Waals surface area contributed by atoms with Gasteiger partial charge in [-0.1, -0.05) is 15.9 Å². The molecule has 3 aromatic rings. The van der Waals surface area contributed by atoms with E-state index in [-0.39, 0.29) is 33.1 Å². The maximum atomic E-state index is 13.4. The minimum Gasteiger partial charge on any atom is -0.508 e. The number of nitrogens with zero attached hydrogens (tertiary/aromatic N) is 4. The highest BCUT2D eigenvalue weighted by Crippen LogP contribution is 2.40. The summed E-state index contributed by atoms with van der Waals surface area (Å²) in [5.41, 5.74) is 5.36. The molecule has 0 aliphatic carbocycles. The Hall–Kier alpha value is -3.65. The monoisotopic (exact) mass is 490 g/mol. The lowest BCUT2D eigenvalue weighted by atomic mass is 10.1. The van der Waals surface area contributed by atoms with Gasteiger partial charge in [0.15, 0.2) is 5.82 Å². The smallest absolute Gasteiger partial charge is 0.418 e. The number of benzene rings is 2. The molecule has 0 bridgehead atoms. The summed E-state index contributed by atoms with van der Waals surface area (Å²) in [5.74, 6) is 0.0674. The number of nitriles is 1. The van der Waals surface area contributed by atoms with Crippen LogP contribution >= 0.6 is 15.9 Å². The van der Waals surface area contributed by atoms with E-state index < -0.39 is 17.4 Å². The molecule has 4 N–H and O–H groups in total. The predicted octanol–water partition coefficient (Wildman–Crippen LogP) is 6.49. The minimum atomic E-state index is -4.64. The number of rotatable bonds is 4. The number of phenols is 1. The van der Waals surface area contributed by atoms with Crippen LogP contribution in [0.5, 0.6) is 5.75 Å². The van der Waals surface area contributed by atoms with Gasteiger partial charge in [-0.05, 0) is 49.4 Å². The largest absolute Gasteiger partial charge is 0.508 e. The molecular weight excluding hydrogens is 477 g/mol. The van der Waals surface area contributed by atoms with Crippen LogP contribution in [0.25, 0.3) is 0 Å². The van der Waals surface area contributed by atoms with Gasteiger partial charge in [0.25, 0.3) is 0 Å². The third kappa shape index (κ3) is 4.92. The molecule has 7 nitrogen and oxygen atoms in total. The van der Waals surface area contributed by atoms with Gasteiger partial charge in [0.1, 0.15) is 23.3 Å². The zero-order valence-corrected chi connectivity index (χ0v) is 17.5. The predicted molar refractivity (Wildman–Crippen MR) is 113 cm³/mol. The molecule has 11 heteroatoms. The molecule has 0 radical (unpaired) electrons. The Labute approximate surface area is 183 Å². The number of aromatic hydroxyl groups is 1. The molecule has 158 valence electrons. The first-order chi connectivity index (χ1) is 14.6. The van der Waals surface area contributed by atoms with E-state index in [1.165, 1.54) is 24.3 Å². The quantitative estimate of drug-likeness (QED) is 0.285. The van der Waals surface area contributed by atoms with Crippen molar-refractivity contribution >= 4 is 44.6 Å². The summed E-state index contributed by atoms with van der Waals surface area (Å²) < 4.78 is 40.4. The number of nitrogens with one attached hydrogen (secondary N) is 1. The van der Waals surface area contributed by atoms with Gasteiger partial charge < -0.3 is 16.2 Å². The van der Waals surface area contributed by atoms with Crippen LogP contribution in [0.2, 0.25) is 0 Å². The second-order valence-electron chi connectivity index (χ2n) is 6.34. The number of hydrogen-bond donors (Lipinski definition) is 3. The fourth-order valence-electron chi connectivity index (χ4n) is 2.68. The van der Waals surface area contributed by atoms with E-state index in [1.54, 1.807) is 19.1 Å². The summed E-state index contributed by atoms with van der Waals surface area (Å²) in [6, 6.07) is 11.4. The number of hydrogen-bond acceptors (Lipinski definition) is 7. The van der Waals surface area contributed by atoms with Crippen LogP contribution in [0.15, 0.2) is 57.2 Å². The van der Waals surface area contributed by atoms with Gasteiger partial charge in [-0.2, -0.15) is 18.4 Å². The molecule has 2 aromatic carbocycles. The summed E-state index contributed by atoms with van der Waals surface area (Å²) in [4.78, 5) is 4.12. The number of alkyl halides is 3. The molecule has 0 saturated carbocycles. The molecule has 1 aromatic heterocycles. The van der Waals surface area contributed by atoms with Crippen molar-refractivity contribution in [1.29, 1.82) is 5.26 Å². The fraction of sp³-hybridized carbons (Fsp3) is 0.100. The Kier molecular flexibility index (Phi) is 6.12. The molecule has 0 fully saturated rings. The Morgan fingerprint density at radius 1 is 1.16 bits per heavy atom. The zero-order chi connectivity index (χ0) is 22.8. The normalized spacial score (nSPS) is 11.5. The molecule has 1 heterocycles. The molecular formula is C20H14BrF3N6O. The highest BCUT2D eigenvalue weighted by Gasteiger charge is 2.34. The van der Waals surface area contributed by atoms with Crippen LogP contribution in [0, 0.1) is 18.3 Å². The van der Waals surface area contributed by atoms with Crippen LogP contribution in [-0.2, 0) is 6.18 Å². The molecule has 0 spiro atoms. The molecule has 0 unspecified atom stereocenters. The highest BCUT2D eigenvalue weighted by molar-refractivity contribution is 9.10. The number of pyridine rings is 1. The van der Waals surface area contributed by atoms with Gasteiger partial charge >= 0.3 is 6.18 Å². The van der Waals surface area contributed by atoms with Crippen LogP contribution in [-0.4, -0.2) is 10.1 Å². The Morgan fingerprint density at radius 3 is 2.45 bits per heavy atom. The Morgan fingerprint density at radius 2 is 1.84 bits per heavy atom. The number of nitrogen functional groups attached to an aromatic ring is 1. The van der Waals surface area contributed by atoms with E-state index in [0.717, 1.165) is 6.07 Å². The van der Waals surface area contributed by atoms with Crippen LogP contribution < -0.4 is 11.1 Å². The van der Waals surface area contributed by atoms with Gasteiger partial charge in [0.05, 0.1) is 16.8 Å². The summed E-state index contributed by atoms with van der Waals surface area (Å²) in [6.07, 6.45) is -4.64. The SMILES string of the molecule is Cc1c(C#N)c(N)nc(Nc2ccc(O)cc2)c1/N=N/c1ccc(Br)cc1C(F)(F)F. The van der Waals surface area contributed by atoms with E-state index in [9.17, 15) is 23.5 Å². The third-order valence-electron chi connectivity index (χ3n) is 4.21. The second-order valence-corrected chi connectivity index (χ2v) is 7.25. The number of anilines is 3. The average molecular weight is 491 g/mol. The molecule has 0 aliphatic rings. The number of nitrogens with two attached hydrogens (primary N) is 1. The van der Waals surface area contributed by atoms with E-state index >= 15 is 0 Å². The van der Waals surface area contributed by atoms with Crippen molar-refractivity contribution in [3.63, 3.8) is 0 Å². The number of halogens is 4. The molecule has 3 rings (SSSR count). The first kappa shape index (κ1) is 22.0. The van der Waals surface area contributed by atoms with Crippen molar-refractivity contribution in [3.8, 4) is 11.8 Å².